The minimum Gasteiger partial charge on any atom is -0.465 e. The molecule has 4 unspecified atom stereocenters. The Hall–Kier alpha value is -1.10. The Morgan fingerprint density at radius 1 is 1.00 bits per heavy atom. The molecule has 5 nitrogen and oxygen atoms in total. The molecule has 1 aliphatic carbocycles. The van der Waals surface area contributed by atoms with E-state index in [4.69, 9.17) is 14.2 Å². The van der Waals surface area contributed by atoms with Gasteiger partial charge in [0.2, 0.25) is 0 Å². The first-order valence-electron chi connectivity index (χ1n) is 8.17. The lowest BCUT2D eigenvalue weighted by Crippen LogP contribution is -2.39. The van der Waals surface area contributed by atoms with Crippen molar-refractivity contribution in [3.8, 4) is 0 Å². The van der Waals surface area contributed by atoms with Gasteiger partial charge in [-0.05, 0) is 25.7 Å². The third-order valence-corrected chi connectivity index (χ3v) is 4.23. The summed E-state index contributed by atoms with van der Waals surface area (Å²) in [5, 5.41) is 0. The summed E-state index contributed by atoms with van der Waals surface area (Å²) < 4.78 is 16.1. The van der Waals surface area contributed by atoms with Crippen LogP contribution in [-0.2, 0) is 23.8 Å². The molecule has 1 heterocycles. The topological polar surface area (TPSA) is 65.1 Å². The monoisotopic (exact) mass is 298 g/mol. The van der Waals surface area contributed by atoms with Crippen LogP contribution in [0.2, 0.25) is 0 Å². The number of carbonyl (C=O) groups is 2. The molecule has 1 saturated carbocycles. The molecule has 0 spiro atoms. The molecule has 2 rings (SSSR count). The summed E-state index contributed by atoms with van der Waals surface area (Å²) >= 11 is 0. The number of fused-ring (bicyclic) bond motifs is 1. The molecule has 2 fully saturated rings. The highest BCUT2D eigenvalue weighted by atomic mass is 16.6. The van der Waals surface area contributed by atoms with Crippen molar-refractivity contribution in [3.63, 3.8) is 0 Å². The predicted octanol–water partition coefficient (Wildman–Crippen LogP) is 2.47. The average Bonchev–Trinajstić information content (AvgIpc) is 3.25. The van der Waals surface area contributed by atoms with Crippen LogP contribution in [0.25, 0.3) is 0 Å². The lowest BCUT2D eigenvalue weighted by molar-refractivity contribution is -0.162. The maximum Gasteiger partial charge on any atom is 0.312 e. The largest absolute Gasteiger partial charge is 0.465 e. The van der Waals surface area contributed by atoms with E-state index in [1.54, 1.807) is 0 Å². The number of epoxide rings is 1. The Morgan fingerprint density at radius 3 is 2.24 bits per heavy atom. The number of hydrogen-bond donors (Lipinski definition) is 0. The van der Waals surface area contributed by atoms with E-state index in [9.17, 15) is 9.59 Å². The van der Waals surface area contributed by atoms with Gasteiger partial charge in [-0.2, -0.15) is 0 Å². The van der Waals surface area contributed by atoms with Gasteiger partial charge in [0.15, 0.2) is 0 Å². The summed E-state index contributed by atoms with van der Waals surface area (Å²) in [6.07, 6.45) is 5.13. The van der Waals surface area contributed by atoms with Crippen LogP contribution < -0.4 is 0 Å². The van der Waals surface area contributed by atoms with Gasteiger partial charge >= 0.3 is 11.9 Å². The fourth-order valence-electron chi connectivity index (χ4n) is 2.86. The minimum atomic E-state index is -0.477. The van der Waals surface area contributed by atoms with Gasteiger partial charge in [0.25, 0.3) is 0 Å². The highest BCUT2D eigenvalue weighted by Crippen LogP contribution is 2.45. The van der Waals surface area contributed by atoms with Gasteiger partial charge in [-0.25, -0.2) is 0 Å². The van der Waals surface area contributed by atoms with Crippen molar-refractivity contribution in [3.05, 3.63) is 0 Å². The Kier molecular flexibility index (Phi) is 6.03. The Labute approximate surface area is 126 Å². The molecule has 1 aliphatic heterocycles. The zero-order chi connectivity index (χ0) is 15.2. The Morgan fingerprint density at radius 2 is 1.62 bits per heavy atom. The number of carbonyl (C=O) groups excluding carboxylic acids is 2. The molecule has 0 N–H and O–H groups in total. The van der Waals surface area contributed by atoms with Crippen LogP contribution in [0.3, 0.4) is 0 Å². The minimum absolute atomic E-state index is 0.133. The van der Waals surface area contributed by atoms with Crippen molar-refractivity contribution in [2.75, 3.05) is 13.2 Å². The average molecular weight is 298 g/mol. The summed E-state index contributed by atoms with van der Waals surface area (Å²) in [4.78, 5) is 24.4. The van der Waals surface area contributed by atoms with Crippen molar-refractivity contribution in [2.24, 2.45) is 11.8 Å². The maximum atomic E-state index is 12.2. The van der Waals surface area contributed by atoms with Crippen molar-refractivity contribution in [2.45, 2.75) is 64.6 Å². The van der Waals surface area contributed by atoms with E-state index >= 15 is 0 Å². The summed E-state index contributed by atoms with van der Waals surface area (Å²) in [5.74, 6) is -1.45. The summed E-state index contributed by atoms with van der Waals surface area (Å²) in [5.41, 5.74) is 0. The van der Waals surface area contributed by atoms with E-state index in [0.717, 1.165) is 32.1 Å². The molecule has 120 valence electrons. The molecule has 0 aromatic carbocycles. The first-order chi connectivity index (χ1) is 10.2. The quantitative estimate of drug-likeness (QED) is 0.391. The van der Waals surface area contributed by atoms with E-state index in [0.29, 0.717) is 19.6 Å². The summed E-state index contributed by atoms with van der Waals surface area (Å²) in [7, 11) is 0. The number of esters is 2. The summed E-state index contributed by atoms with van der Waals surface area (Å²) in [6.45, 7) is 4.94. The van der Waals surface area contributed by atoms with Gasteiger partial charge in [-0.3, -0.25) is 9.59 Å². The number of unbranched alkanes of at least 4 members (excludes halogenated alkanes) is 2. The van der Waals surface area contributed by atoms with Crippen LogP contribution in [0.1, 0.15) is 52.4 Å². The standard InChI is InChI=1S/C16H26O5/c1-3-5-9-19-15(17)11-7-8-12-14(21-12)13(11)16(18)20-10-6-4-2/h11-14H,3-10H2,1-2H3. The van der Waals surface area contributed by atoms with E-state index in [-0.39, 0.29) is 24.1 Å². The Balaban J connectivity index is 1.90. The van der Waals surface area contributed by atoms with Crippen LogP contribution in [0.4, 0.5) is 0 Å². The first kappa shape index (κ1) is 16.3. The van der Waals surface area contributed by atoms with Gasteiger partial charge < -0.3 is 14.2 Å². The first-order valence-corrected chi connectivity index (χ1v) is 8.17. The molecular formula is C16H26O5. The number of ether oxygens (including phenoxy) is 3. The van der Waals surface area contributed by atoms with Gasteiger partial charge in [0, 0.05) is 0 Å². The van der Waals surface area contributed by atoms with Crippen LogP contribution in [-0.4, -0.2) is 37.4 Å². The molecule has 1 saturated heterocycles. The Bertz CT molecular complexity index is 368. The molecule has 0 aromatic heterocycles. The molecular weight excluding hydrogens is 272 g/mol. The van der Waals surface area contributed by atoms with Crippen LogP contribution in [0, 0.1) is 11.8 Å². The number of hydrogen-bond acceptors (Lipinski definition) is 5. The predicted molar refractivity (Wildman–Crippen MR) is 76.6 cm³/mol. The van der Waals surface area contributed by atoms with Crippen molar-refractivity contribution in [1.82, 2.24) is 0 Å². The van der Waals surface area contributed by atoms with Gasteiger partial charge in [0.1, 0.15) is 0 Å². The van der Waals surface area contributed by atoms with E-state index in [1.165, 1.54) is 0 Å². The lowest BCUT2D eigenvalue weighted by Gasteiger charge is -2.25. The second-order valence-corrected chi connectivity index (χ2v) is 5.89. The fourth-order valence-corrected chi connectivity index (χ4v) is 2.86. The molecule has 2 aliphatic rings. The molecule has 0 bridgehead atoms. The normalized spacial score (nSPS) is 30.4. The van der Waals surface area contributed by atoms with E-state index < -0.39 is 11.8 Å². The zero-order valence-corrected chi connectivity index (χ0v) is 13.0. The zero-order valence-electron chi connectivity index (χ0n) is 13.0. The van der Waals surface area contributed by atoms with Gasteiger partial charge in [0.05, 0.1) is 37.3 Å². The highest BCUT2D eigenvalue weighted by Gasteiger charge is 2.57. The molecule has 5 heteroatoms. The molecule has 4 atom stereocenters. The summed E-state index contributed by atoms with van der Waals surface area (Å²) in [6, 6.07) is 0. The fraction of sp³-hybridized carbons (Fsp3) is 0.875. The molecule has 21 heavy (non-hydrogen) atoms. The van der Waals surface area contributed by atoms with Crippen molar-refractivity contribution >= 4 is 11.9 Å². The van der Waals surface area contributed by atoms with Crippen molar-refractivity contribution in [1.29, 1.82) is 0 Å². The van der Waals surface area contributed by atoms with Gasteiger partial charge in [-0.1, -0.05) is 26.7 Å². The third-order valence-electron chi connectivity index (χ3n) is 4.23. The van der Waals surface area contributed by atoms with Crippen LogP contribution in [0.15, 0.2) is 0 Å². The SMILES string of the molecule is CCCCOC(=O)C1CCC2OC2C1C(=O)OCCCC. The van der Waals surface area contributed by atoms with Crippen LogP contribution >= 0.6 is 0 Å². The third kappa shape index (κ3) is 4.19. The smallest absolute Gasteiger partial charge is 0.312 e. The second kappa shape index (κ2) is 7.78. The maximum absolute atomic E-state index is 12.2. The van der Waals surface area contributed by atoms with Crippen LogP contribution in [0.5, 0.6) is 0 Å². The molecule has 0 aromatic rings. The lowest BCUT2D eigenvalue weighted by atomic mass is 9.79. The highest BCUT2D eigenvalue weighted by molar-refractivity contribution is 5.83. The van der Waals surface area contributed by atoms with Crippen molar-refractivity contribution < 1.29 is 23.8 Å². The number of rotatable bonds is 8. The van der Waals surface area contributed by atoms with E-state index in [1.807, 2.05) is 13.8 Å². The second-order valence-electron chi connectivity index (χ2n) is 5.89. The molecule has 0 amide bonds. The molecule has 0 radical (unpaired) electrons. The van der Waals surface area contributed by atoms with E-state index in [2.05, 4.69) is 0 Å². The van der Waals surface area contributed by atoms with Gasteiger partial charge in [-0.15, -0.1) is 0 Å².